The number of rotatable bonds is 7. The Labute approximate surface area is 112 Å². The second-order valence-corrected chi connectivity index (χ2v) is 5.25. The van der Waals surface area contributed by atoms with Gasteiger partial charge in [0, 0.05) is 18.8 Å². The van der Waals surface area contributed by atoms with Crippen molar-refractivity contribution in [2.24, 2.45) is 5.92 Å². The molecule has 1 saturated carbocycles. The Balaban J connectivity index is 1.75. The maximum Gasteiger partial charge on any atom is 0.220 e. The van der Waals surface area contributed by atoms with E-state index in [1.165, 1.54) is 6.42 Å². The van der Waals surface area contributed by atoms with Crippen LogP contribution in [0.4, 0.5) is 0 Å². The van der Waals surface area contributed by atoms with E-state index in [-0.39, 0.29) is 19.1 Å². The van der Waals surface area contributed by atoms with Gasteiger partial charge in [-0.1, -0.05) is 6.92 Å². The molecule has 106 valence electrons. The van der Waals surface area contributed by atoms with E-state index < -0.39 is 6.04 Å². The van der Waals surface area contributed by atoms with Crippen LogP contribution in [0.1, 0.15) is 37.2 Å². The van der Waals surface area contributed by atoms with Gasteiger partial charge in [-0.2, -0.15) is 0 Å². The molecule has 0 bridgehead atoms. The monoisotopic (exact) mass is 267 g/mol. The number of aliphatic hydroxyl groups is 2. The minimum absolute atomic E-state index is 0.189. The van der Waals surface area contributed by atoms with Crippen LogP contribution in [0.5, 0.6) is 0 Å². The van der Waals surface area contributed by atoms with Crippen molar-refractivity contribution in [3.05, 3.63) is 23.7 Å². The number of hydrogen-bond acceptors (Lipinski definition) is 4. The van der Waals surface area contributed by atoms with Crippen LogP contribution in [-0.4, -0.2) is 35.4 Å². The molecule has 0 radical (unpaired) electrons. The van der Waals surface area contributed by atoms with Crippen molar-refractivity contribution in [2.75, 3.05) is 13.2 Å². The summed E-state index contributed by atoms with van der Waals surface area (Å²) in [5.74, 6) is 2.90. The third kappa shape index (κ3) is 3.81. The van der Waals surface area contributed by atoms with Gasteiger partial charge in [-0.15, -0.1) is 0 Å². The van der Waals surface area contributed by atoms with Gasteiger partial charge in [-0.25, -0.2) is 0 Å². The third-order valence-electron chi connectivity index (χ3n) is 3.56. The maximum absolute atomic E-state index is 11.6. The molecule has 2 atom stereocenters. The van der Waals surface area contributed by atoms with Crippen molar-refractivity contribution in [2.45, 2.75) is 38.1 Å². The van der Waals surface area contributed by atoms with Crippen molar-refractivity contribution in [1.82, 2.24) is 5.32 Å². The fourth-order valence-electron chi connectivity index (χ4n) is 2.13. The zero-order valence-electron chi connectivity index (χ0n) is 11.1. The molecule has 1 aromatic rings. The summed E-state index contributed by atoms with van der Waals surface area (Å²) >= 11 is 0. The number of carbonyl (C=O) groups excluding carboxylic acids is 1. The zero-order chi connectivity index (χ0) is 13.8. The number of furan rings is 1. The molecule has 0 aromatic carbocycles. The topological polar surface area (TPSA) is 82.7 Å². The number of aryl methyl sites for hydroxylation is 1. The van der Waals surface area contributed by atoms with Crippen LogP contribution in [0, 0.1) is 5.92 Å². The highest BCUT2D eigenvalue weighted by molar-refractivity contribution is 5.76. The highest BCUT2D eigenvalue weighted by Gasteiger charge is 2.36. The molecule has 0 aliphatic heterocycles. The number of hydrogen-bond donors (Lipinski definition) is 3. The van der Waals surface area contributed by atoms with E-state index in [0.717, 1.165) is 11.5 Å². The first-order valence-corrected chi connectivity index (χ1v) is 6.73. The lowest BCUT2D eigenvalue weighted by Gasteiger charge is -2.12. The lowest BCUT2D eigenvalue weighted by Crippen LogP contribution is -2.40. The second kappa shape index (κ2) is 6.21. The molecule has 19 heavy (non-hydrogen) atoms. The van der Waals surface area contributed by atoms with Crippen molar-refractivity contribution < 1.29 is 19.4 Å². The summed E-state index contributed by atoms with van der Waals surface area (Å²) in [5, 5.41) is 20.3. The molecule has 2 unspecified atom stereocenters. The second-order valence-electron chi connectivity index (χ2n) is 5.25. The van der Waals surface area contributed by atoms with E-state index in [2.05, 4.69) is 12.2 Å². The molecular weight excluding hydrogens is 246 g/mol. The van der Waals surface area contributed by atoms with Gasteiger partial charge >= 0.3 is 0 Å². The van der Waals surface area contributed by atoms with E-state index in [1.807, 2.05) is 12.1 Å². The van der Waals surface area contributed by atoms with Crippen LogP contribution in [0.25, 0.3) is 0 Å². The molecule has 0 saturated heterocycles. The Hall–Kier alpha value is -1.33. The molecule has 2 rings (SSSR count). The van der Waals surface area contributed by atoms with Crippen LogP contribution in [0.3, 0.4) is 0 Å². The number of carbonyl (C=O) groups is 1. The predicted octanol–water partition coefficient (Wildman–Crippen LogP) is 0.805. The molecule has 0 spiro atoms. The standard InChI is InChI=1S/C14H21NO4/c1-9-6-12(9)13-4-2-11(19-13)3-5-14(18)15-10(7-16)8-17/h2,4,9-10,12,16-17H,3,5-8H2,1H3,(H,15,18). The first-order chi connectivity index (χ1) is 9.13. The Morgan fingerprint density at radius 2 is 2.16 bits per heavy atom. The minimum Gasteiger partial charge on any atom is -0.466 e. The van der Waals surface area contributed by atoms with E-state index >= 15 is 0 Å². The maximum atomic E-state index is 11.6. The minimum atomic E-state index is -0.577. The van der Waals surface area contributed by atoms with Crippen LogP contribution in [-0.2, 0) is 11.2 Å². The van der Waals surface area contributed by atoms with Gasteiger partial charge in [0.2, 0.25) is 5.91 Å². The first-order valence-electron chi connectivity index (χ1n) is 6.73. The summed E-state index contributed by atoms with van der Waals surface area (Å²) in [6.45, 7) is 1.68. The Kier molecular flexibility index (Phi) is 4.61. The van der Waals surface area contributed by atoms with E-state index in [9.17, 15) is 4.79 Å². The summed E-state index contributed by atoms with van der Waals surface area (Å²) in [4.78, 5) is 11.6. The normalized spacial score (nSPS) is 21.7. The average molecular weight is 267 g/mol. The zero-order valence-corrected chi connectivity index (χ0v) is 11.1. The molecular formula is C14H21NO4. The lowest BCUT2D eigenvalue weighted by atomic mass is 10.2. The van der Waals surface area contributed by atoms with Crippen molar-refractivity contribution in [1.29, 1.82) is 0 Å². The molecule has 1 heterocycles. The quantitative estimate of drug-likeness (QED) is 0.682. The van der Waals surface area contributed by atoms with Gasteiger partial charge in [0.15, 0.2) is 0 Å². The van der Waals surface area contributed by atoms with E-state index in [4.69, 9.17) is 14.6 Å². The van der Waals surface area contributed by atoms with Gasteiger partial charge in [0.25, 0.3) is 0 Å². The average Bonchev–Trinajstić information content (AvgIpc) is 2.96. The summed E-state index contributed by atoms with van der Waals surface area (Å²) in [5.41, 5.74) is 0. The molecule has 1 fully saturated rings. The third-order valence-corrected chi connectivity index (χ3v) is 3.56. The van der Waals surface area contributed by atoms with Crippen LogP contribution >= 0.6 is 0 Å². The summed E-state index contributed by atoms with van der Waals surface area (Å²) in [7, 11) is 0. The lowest BCUT2D eigenvalue weighted by molar-refractivity contribution is -0.122. The van der Waals surface area contributed by atoms with Crippen LogP contribution < -0.4 is 5.32 Å². The van der Waals surface area contributed by atoms with Crippen LogP contribution in [0.15, 0.2) is 16.5 Å². The van der Waals surface area contributed by atoms with Gasteiger partial charge in [0.05, 0.1) is 19.3 Å². The Bertz CT molecular complexity index is 425. The molecule has 1 aromatic heterocycles. The van der Waals surface area contributed by atoms with Crippen LogP contribution in [0.2, 0.25) is 0 Å². The largest absolute Gasteiger partial charge is 0.466 e. The van der Waals surface area contributed by atoms with Crippen molar-refractivity contribution in [3.63, 3.8) is 0 Å². The summed E-state index contributed by atoms with van der Waals surface area (Å²) in [6.07, 6.45) is 2.02. The smallest absolute Gasteiger partial charge is 0.220 e. The van der Waals surface area contributed by atoms with E-state index in [1.54, 1.807) is 0 Å². The summed E-state index contributed by atoms with van der Waals surface area (Å²) in [6, 6.07) is 3.33. The molecule has 3 N–H and O–H groups in total. The Morgan fingerprint density at radius 1 is 1.47 bits per heavy atom. The van der Waals surface area contributed by atoms with Gasteiger partial charge < -0.3 is 19.9 Å². The first kappa shape index (κ1) is 14.1. The fourth-order valence-corrected chi connectivity index (χ4v) is 2.13. The summed E-state index contributed by atoms with van der Waals surface area (Å²) < 4.78 is 5.71. The number of nitrogens with one attached hydrogen (secondary N) is 1. The van der Waals surface area contributed by atoms with Crippen molar-refractivity contribution >= 4 is 5.91 Å². The van der Waals surface area contributed by atoms with E-state index in [0.29, 0.717) is 24.7 Å². The Morgan fingerprint density at radius 3 is 2.74 bits per heavy atom. The fraction of sp³-hybridized carbons (Fsp3) is 0.643. The highest BCUT2D eigenvalue weighted by Crippen LogP contribution is 2.47. The van der Waals surface area contributed by atoms with Crippen molar-refractivity contribution in [3.8, 4) is 0 Å². The molecule has 1 amide bonds. The molecule has 1 aliphatic carbocycles. The number of amides is 1. The van der Waals surface area contributed by atoms with Gasteiger partial charge in [0.1, 0.15) is 11.5 Å². The molecule has 5 nitrogen and oxygen atoms in total. The SMILES string of the molecule is CC1CC1c1ccc(CCC(=O)NC(CO)CO)o1. The highest BCUT2D eigenvalue weighted by atomic mass is 16.3. The molecule has 1 aliphatic rings. The predicted molar refractivity (Wildman–Crippen MR) is 69.7 cm³/mol. The van der Waals surface area contributed by atoms with Gasteiger partial charge in [-0.05, 0) is 24.5 Å². The molecule has 5 heteroatoms. The number of aliphatic hydroxyl groups excluding tert-OH is 2. The van der Waals surface area contributed by atoms with Gasteiger partial charge in [-0.3, -0.25) is 4.79 Å².